The van der Waals surface area contributed by atoms with Crippen molar-refractivity contribution in [3.8, 4) is 0 Å². The van der Waals surface area contributed by atoms with Crippen LogP contribution < -0.4 is 0 Å². The summed E-state index contributed by atoms with van der Waals surface area (Å²) in [7, 11) is 10.2. The van der Waals surface area contributed by atoms with Gasteiger partial charge in [-0.2, -0.15) is 12.6 Å². The summed E-state index contributed by atoms with van der Waals surface area (Å²) in [6.45, 7) is 6.97. The van der Waals surface area contributed by atoms with E-state index in [1.165, 1.54) is 111 Å². The first-order valence-corrected chi connectivity index (χ1v) is 30.8. The second-order valence-electron chi connectivity index (χ2n) is 11.6. The Labute approximate surface area is 444 Å². The van der Waals surface area contributed by atoms with Gasteiger partial charge in [0, 0.05) is 92.4 Å². The Morgan fingerprint density at radius 2 is 0.788 bits per heavy atom. The number of hydrogen-bond donors (Lipinski definition) is 3. The fourth-order valence-electron chi connectivity index (χ4n) is 2.65. The molecule has 0 atom stereocenters. The molecule has 0 amide bonds. The molecule has 0 unspecified atom stereocenters. The second-order valence-corrected chi connectivity index (χ2v) is 23.6. The number of ether oxygens (including phenoxy) is 3. The number of Topliss-reactive ketones (excluding diaryl/α,β-unsaturated/α-hetero) is 2. The van der Waals surface area contributed by atoms with E-state index < -0.39 is 28.4 Å². The van der Waals surface area contributed by atoms with Crippen molar-refractivity contribution in [3.05, 3.63) is 0 Å². The van der Waals surface area contributed by atoms with Gasteiger partial charge >= 0.3 is 28.4 Å². The van der Waals surface area contributed by atoms with E-state index >= 15 is 0 Å². The molecule has 0 bridgehead atoms. The van der Waals surface area contributed by atoms with Gasteiger partial charge in [0.25, 0.3) is 0 Å². The third-order valence-corrected chi connectivity index (χ3v) is 16.1. The van der Waals surface area contributed by atoms with Gasteiger partial charge in [-0.15, -0.1) is 0 Å². The molecule has 0 aromatic heterocycles. The summed E-state index contributed by atoms with van der Waals surface area (Å²) in [5.74, 6) is 2.46. The van der Waals surface area contributed by atoms with E-state index in [2.05, 4.69) is 40.6 Å². The zero-order valence-corrected chi connectivity index (χ0v) is 47.0. The number of methoxy groups -OCH3 is 1. The number of rotatable bonds is 27. The van der Waals surface area contributed by atoms with Crippen LogP contribution in [0.5, 0.6) is 0 Å². The molecule has 0 aliphatic carbocycles. The summed E-state index contributed by atoms with van der Waals surface area (Å²) < 4.78 is 14.3. The highest BCUT2D eigenvalue weighted by Crippen LogP contribution is 2.25. The van der Waals surface area contributed by atoms with E-state index in [1.54, 1.807) is 0 Å². The summed E-state index contributed by atoms with van der Waals surface area (Å²) in [5, 5.41) is 13.5. The van der Waals surface area contributed by atoms with Gasteiger partial charge < -0.3 is 24.4 Å². The molecule has 2 rings (SSSR count). The summed E-state index contributed by atoms with van der Waals surface area (Å²) in [5.41, 5.74) is 0. The molecule has 2 heterocycles. The summed E-state index contributed by atoms with van der Waals surface area (Å²) in [4.78, 5) is 113. The van der Waals surface area contributed by atoms with E-state index in [0.717, 1.165) is 50.0 Å². The Hall–Kier alpha value is -0.000000000000000444. The number of carbonyl (C=O) groups excluding carboxylic acids is 9. The van der Waals surface area contributed by atoms with Crippen LogP contribution >= 0.6 is 147 Å². The Bertz CT molecular complexity index is 1270. The number of thiol groups is 1. The summed E-state index contributed by atoms with van der Waals surface area (Å²) in [6, 6.07) is 0. The number of ketones is 2. The van der Waals surface area contributed by atoms with Crippen LogP contribution in [0.25, 0.3) is 0 Å². The van der Waals surface area contributed by atoms with E-state index in [9.17, 15) is 52.7 Å². The molecule has 2 saturated heterocycles. The third kappa shape index (κ3) is 84.0. The molecule has 0 radical (unpaired) electrons. The largest absolute Gasteiger partial charge is 0.481 e. The first-order valence-electron chi connectivity index (χ1n) is 19.2. The third-order valence-electron chi connectivity index (χ3n) is 5.64. The number of hydrogen-bond acceptors (Lipinski definition) is 23. The van der Waals surface area contributed by atoms with E-state index in [1.807, 2.05) is 0 Å². The molecule has 2 N–H and O–H groups in total. The Morgan fingerprint density at radius 1 is 0.500 bits per heavy atom. The molecule has 384 valence electrons. The molecule has 2 aliphatic heterocycles. The minimum absolute atomic E-state index is 0.00153. The summed E-state index contributed by atoms with van der Waals surface area (Å²) >= 11 is 24.9. The molecule has 2 fully saturated rings. The van der Waals surface area contributed by atoms with Crippen LogP contribution in [-0.2, 0) is 67.0 Å². The van der Waals surface area contributed by atoms with E-state index in [-0.39, 0.29) is 56.6 Å². The Balaban J connectivity index is -0.000000237. The van der Waals surface area contributed by atoms with Crippen LogP contribution in [0.2, 0.25) is 0 Å². The van der Waals surface area contributed by atoms with Crippen molar-refractivity contribution in [3.63, 3.8) is 0 Å². The van der Waals surface area contributed by atoms with Crippen LogP contribution in [0.15, 0.2) is 0 Å². The SMILES string of the molecule is C1CCOC1.C1CCOC1.CC(=O)CS.COC(=O)CSC(=O)CCSSCCC(=O)SCC(C)=O.O=C(Cl)C(=O)Cl.O=C(Cl)CCSSCCC(=O)Cl.O=C(O)CCSSCCC(=O)O. The second kappa shape index (κ2) is 59.3. The van der Waals surface area contributed by atoms with Crippen LogP contribution in [0.3, 0.4) is 0 Å². The number of carboxylic acids is 2. The normalized spacial score (nSPS) is 11.7. The van der Waals surface area contributed by atoms with Crippen molar-refractivity contribution in [2.75, 3.05) is 85.3 Å². The van der Waals surface area contributed by atoms with Gasteiger partial charge in [0.15, 0.2) is 10.2 Å². The van der Waals surface area contributed by atoms with Crippen molar-refractivity contribution in [2.45, 2.75) is 78.1 Å². The van der Waals surface area contributed by atoms with Gasteiger partial charge in [0.05, 0.1) is 31.5 Å². The molecule has 16 nitrogen and oxygen atoms in total. The van der Waals surface area contributed by atoms with Crippen molar-refractivity contribution in [1.29, 1.82) is 0 Å². The Morgan fingerprint density at radius 3 is 1.00 bits per heavy atom. The predicted molar refractivity (Wildman–Crippen MR) is 283 cm³/mol. The van der Waals surface area contributed by atoms with Gasteiger partial charge in [-0.1, -0.05) is 88.3 Å². The average molecular weight is 1190 g/mol. The average Bonchev–Trinajstić information content (AvgIpc) is 4.05. The first-order chi connectivity index (χ1) is 31.1. The molecule has 66 heavy (non-hydrogen) atoms. The standard InChI is InChI=1S/C12H18O5S4.C6H8Cl2O2S2.C6H10O4S2.2C4H8O.C3H6OS.C2Cl2O2/c1-9(13)7-18-11(15)3-5-20-21-6-4-12(16)19-8-10(14)17-2;7-5(9)1-3-11-12-4-2-6(8)10;7-5(8)1-3-11-12-4-2-6(9)10;2*1-2-4-5-3-1;1-3(4)2-5;3-1(5)2(4)6/h3-8H2,1-2H3;1-4H2;1-4H2,(H,7,8)(H,9,10);2*1-4H2;5H,2H2,1H3;. The fourth-order valence-corrected chi connectivity index (χ4v) is 10.5. The zero-order valence-electron chi connectivity index (χ0n) is 36.6. The lowest BCUT2D eigenvalue weighted by Gasteiger charge is -2.01. The van der Waals surface area contributed by atoms with Crippen molar-refractivity contribution < 1.29 is 77.2 Å². The summed E-state index contributed by atoms with van der Waals surface area (Å²) in [6.07, 6.45) is 6.91. The van der Waals surface area contributed by atoms with Gasteiger partial charge in [0.1, 0.15) is 11.6 Å². The maximum atomic E-state index is 11.4. The van der Waals surface area contributed by atoms with Crippen LogP contribution in [0.1, 0.15) is 78.1 Å². The molecule has 0 aromatic carbocycles. The Kier molecular flexibility index (Phi) is 67.3. The van der Waals surface area contributed by atoms with Crippen LogP contribution in [0, 0.1) is 0 Å². The molecule has 2 aliphatic rings. The maximum Gasteiger partial charge on any atom is 0.316 e. The van der Waals surface area contributed by atoms with Gasteiger partial charge in [-0.3, -0.25) is 52.7 Å². The highest BCUT2D eigenvalue weighted by Gasteiger charge is 2.09. The fraction of sp³-hybridized carbons (Fsp3) is 0.703. The number of aliphatic carboxylic acids is 2. The van der Waals surface area contributed by atoms with Crippen molar-refractivity contribution in [1.82, 2.24) is 0 Å². The molecular formula is C37H58Cl4O16S9. The number of halogens is 4. The van der Waals surface area contributed by atoms with E-state index in [4.69, 9.17) is 42.9 Å². The molecular weight excluding hydrogens is 1130 g/mol. The minimum atomic E-state index is -1.14. The first kappa shape index (κ1) is 74.9. The topological polar surface area (TPSA) is 256 Å². The number of thioether (sulfide) groups is 2. The van der Waals surface area contributed by atoms with Gasteiger partial charge in [-0.05, 0) is 85.9 Å². The zero-order chi connectivity index (χ0) is 51.4. The number of carboxylic acid groups (broad SMARTS) is 2. The predicted octanol–water partition coefficient (Wildman–Crippen LogP) is 9.04. The van der Waals surface area contributed by atoms with Crippen molar-refractivity contribution in [2.24, 2.45) is 0 Å². The molecule has 0 saturated carbocycles. The van der Waals surface area contributed by atoms with Gasteiger partial charge in [0.2, 0.25) is 10.5 Å². The number of carbonyl (C=O) groups is 11. The van der Waals surface area contributed by atoms with Crippen LogP contribution in [0.4, 0.5) is 0 Å². The monoisotopic (exact) mass is 1190 g/mol. The lowest BCUT2D eigenvalue weighted by molar-refractivity contribution is -0.138. The van der Waals surface area contributed by atoms with Gasteiger partial charge in [-0.25, -0.2) is 0 Å². The van der Waals surface area contributed by atoms with Crippen molar-refractivity contribution >= 4 is 208 Å². The molecule has 0 aromatic rings. The van der Waals surface area contributed by atoms with E-state index in [0.29, 0.717) is 66.0 Å². The highest BCUT2D eigenvalue weighted by molar-refractivity contribution is 8.77. The highest BCUT2D eigenvalue weighted by atomic mass is 35.5. The lowest BCUT2D eigenvalue weighted by atomic mass is 10.4. The minimum Gasteiger partial charge on any atom is -0.481 e. The quantitative estimate of drug-likeness (QED) is 0.0173. The molecule has 29 heteroatoms. The van der Waals surface area contributed by atoms with Crippen LogP contribution in [-0.4, -0.2) is 156 Å². The maximum absolute atomic E-state index is 11.4. The lowest BCUT2D eigenvalue weighted by Crippen LogP contribution is -2.06. The smallest absolute Gasteiger partial charge is 0.316 e. The molecule has 0 spiro atoms. The number of esters is 1.